The van der Waals surface area contributed by atoms with E-state index in [0.29, 0.717) is 23.5 Å². The highest BCUT2D eigenvalue weighted by atomic mass is 16.1. The highest BCUT2D eigenvalue weighted by Gasteiger charge is 2.64. The number of imidazole rings is 1. The fraction of sp³-hybridized carbons (Fsp3) is 0.565. The molecule has 0 aliphatic heterocycles. The van der Waals surface area contributed by atoms with Crippen LogP contribution in [0.2, 0.25) is 0 Å². The van der Waals surface area contributed by atoms with Gasteiger partial charge in [0.1, 0.15) is 11.6 Å². The molecule has 3 nitrogen and oxygen atoms in total. The topological polar surface area (TPSA) is 45.8 Å². The number of nitrogens with one attached hydrogen (secondary N) is 1. The molecule has 1 heterocycles. The first kappa shape index (κ1) is 16.3. The van der Waals surface area contributed by atoms with Crippen LogP contribution < -0.4 is 0 Å². The molecule has 4 atom stereocenters. The van der Waals surface area contributed by atoms with Crippen LogP contribution in [0.1, 0.15) is 63.3 Å². The van der Waals surface area contributed by atoms with E-state index < -0.39 is 0 Å². The van der Waals surface area contributed by atoms with Crippen molar-refractivity contribution < 1.29 is 4.79 Å². The third kappa shape index (κ3) is 2.47. The number of H-pyrrole nitrogens is 1. The Morgan fingerprint density at radius 1 is 1.15 bits per heavy atom. The Kier molecular flexibility index (Phi) is 3.47. The number of hydrogen-bond donors (Lipinski definition) is 1. The molecule has 0 radical (unpaired) electrons. The van der Waals surface area contributed by atoms with Crippen molar-refractivity contribution in [3.63, 3.8) is 0 Å². The number of carbonyl (C=O) groups is 1. The Hall–Kier alpha value is -1.90. The molecule has 0 spiro atoms. The summed E-state index contributed by atoms with van der Waals surface area (Å²) in [6.45, 7) is 2.45. The number of rotatable bonds is 5. The van der Waals surface area contributed by atoms with Crippen molar-refractivity contribution >= 4 is 5.78 Å². The van der Waals surface area contributed by atoms with Gasteiger partial charge in [-0.05, 0) is 60.8 Å². The molecule has 2 aromatic rings. The molecule has 3 heteroatoms. The van der Waals surface area contributed by atoms with Crippen LogP contribution in [-0.2, 0) is 16.6 Å². The first-order chi connectivity index (χ1) is 12.5. The highest BCUT2D eigenvalue weighted by molar-refractivity contribution is 5.86. The van der Waals surface area contributed by atoms with Gasteiger partial charge in [0.25, 0.3) is 0 Å². The molecule has 4 saturated carbocycles. The van der Waals surface area contributed by atoms with Crippen LogP contribution in [0.25, 0.3) is 0 Å². The van der Waals surface area contributed by atoms with E-state index in [1.165, 1.54) is 24.8 Å². The Bertz CT molecular complexity index is 814. The number of hydrogen-bond acceptors (Lipinski definition) is 2. The molecule has 6 rings (SSSR count). The van der Waals surface area contributed by atoms with Crippen LogP contribution in [0, 0.1) is 16.7 Å². The molecule has 0 saturated heterocycles. The number of benzene rings is 1. The molecule has 136 valence electrons. The monoisotopic (exact) mass is 348 g/mol. The molecular formula is C23H28N2O. The summed E-state index contributed by atoms with van der Waals surface area (Å²) in [6.07, 6.45) is 12.1. The molecule has 4 bridgehead atoms. The number of carbonyl (C=O) groups excluding carboxylic acids is 1. The van der Waals surface area contributed by atoms with Crippen molar-refractivity contribution in [3.05, 3.63) is 54.1 Å². The lowest BCUT2D eigenvalue weighted by Crippen LogP contribution is -2.60. The molecule has 1 aromatic carbocycles. The zero-order valence-corrected chi connectivity index (χ0v) is 15.6. The van der Waals surface area contributed by atoms with Crippen molar-refractivity contribution in [3.8, 4) is 0 Å². The average Bonchev–Trinajstić information content (AvgIpc) is 3.12. The van der Waals surface area contributed by atoms with Gasteiger partial charge in [0, 0.05) is 30.7 Å². The number of nitrogens with zero attached hydrogens (tertiary/aromatic N) is 1. The minimum absolute atomic E-state index is 0.101. The average molecular weight is 348 g/mol. The molecule has 1 N–H and O–H groups in total. The lowest BCUT2D eigenvalue weighted by atomic mass is 9.38. The third-order valence-corrected chi connectivity index (χ3v) is 7.47. The fourth-order valence-corrected chi connectivity index (χ4v) is 7.28. The van der Waals surface area contributed by atoms with Gasteiger partial charge >= 0.3 is 0 Å². The van der Waals surface area contributed by atoms with Crippen molar-refractivity contribution in [1.29, 1.82) is 0 Å². The molecular weight excluding hydrogens is 320 g/mol. The summed E-state index contributed by atoms with van der Waals surface area (Å²) in [4.78, 5) is 20.9. The first-order valence-electron chi connectivity index (χ1n) is 10.1. The summed E-state index contributed by atoms with van der Waals surface area (Å²) in [5, 5.41) is 0. The maximum Gasteiger partial charge on any atom is 0.139 e. The lowest BCUT2D eigenvalue weighted by molar-refractivity contribution is -0.157. The lowest BCUT2D eigenvalue weighted by Gasteiger charge is -2.65. The fourth-order valence-electron chi connectivity index (χ4n) is 7.28. The van der Waals surface area contributed by atoms with Gasteiger partial charge < -0.3 is 4.98 Å². The van der Waals surface area contributed by atoms with Crippen LogP contribution in [0.4, 0.5) is 0 Å². The maximum absolute atomic E-state index is 13.5. The van der Waals surface area contributed by atoms with E-state index in [2.05, 4.69) is 47.2 Å². The Balaban J connectivity index is 1.46. The van der Waals surface area contributed by atoms with Crippen LogP contribution in [0.15, 0.2) is 42.7 Å². The van der Waals surface area contributed by atoms with Gasteiger partial charge in [-0.3, -0.25) is 4.79 Å². The van der Waals surface area contributed by atoms with Gasteiger partial charge in [-0.1, -0.05) is 37.3 Å². The number of aromatic amines is 1. The summed E-state index contributed by atoms with van der Waals surface area (Å²) in [5.74, 6) is 2.14. The van der Waals surface area contributed by atoms with Gasteiger partial charge in [-0.2, -0.15) is 0 Å². The van der Waals surface area contributed by atoms with Crippen LogP contribution in [0.5, 0.6) is 0 Å². The molecule has 1 aromatic heterocycles. The minimum Gasteiger partial charge on any atom is -0.349 e. The number of aromatic nitrogens is 2. The molecule has 4 aliphatic rings. The second kappa shape index (κ2) is 5.55. The molecule has 4 fully saturated rings. The van der Waals surface area contributed by atoms with Gasteiger partial charge in [-0.25, -0.2) is 4.98 Å². The molecule has 4 aliphatic carbocycles. The van der Waals surface area contributed by atoms with Crippen LogP contribution in [-0.4, -0.2) is 15.8 Å². The second-order valence-corrected chi connectivity index (χ2v) is 9.71. The SMILES string of the molecule is CC12CC3CC(C(=O)CCc4ncc[nH]4)(C1)CC(c1ccccc1)(C3)C2. The standard InChI is InChI=1S/C23H28N2O/c1-21-11-17-12-22(14-21,18-5-3-2-4-6-18)16-23(13-17,15-21)19(26)7-8-20-24-9-10-25-20/h2-6,9-10,17H,7-8,11-16H2,1H3,(H,24,25). The van der Waals surface area contributed by atoms with Crippen LogP contribution >= 0.6 is 0 Å². The summed E-state index contributed by atoms with van der Waals surface area (Å²) >= 11 is 0. The van der Waals surface area contributed by atoms with Crippen molar-refractivity contribution in [1.82, 2.24) is 9.97 Å². The summed E-state index contributed by atoms with van der Waals surface area (Å²) < 4.78 is 0. The van der Waals surface area contributed by atoms with Crippen molar-refractivity contribution in [2.45, 2.75) is 63.7 Å². The molecule has 4 unspecified atom stereocenters. The summed E-state index contributed by atoms with van der Waals surface area (Å²) in [6, 6.07) is 11.0. The Labute approximate surface area is 155 Å². The summed E-state index contributed by atoms with van der Waals surface area (Å²) in [5.41, 5.74) is 1.92. The maximum atomic E-state index is 13.5. The first-order valence-corrected chi connectivity index (χ1v) is 10.1. The van der Waals surface area contributed by atoms with E-state index in [4.69, 9.17) is 0 Å². The molecule has 26 heavy (non-hydrogen) atoms. The normalized spacial score (nSPS) is 37.8. The van der Waals surface area contributed by atoms with E-state index in [-0.39, 0.29) is 10.8 Å². The van der Waals surface area contributed by atoms with Gasteiger partial charge in [-0.15, -0.1) is 0 Å². The third-order valence-electron chi connectivity index (χ3n) is 7.47. The van der Waals surface area contributed by atoms with E-state index >= 15 is 0 Å². The van der Waals surface area contributed by atoms with Gasteiger partial charge in [0.2, 0.25) is 0 Å². The smallest absolute Gasteiger partial charge is 0.139 e. The molecule has 0 amide bonds. The number of aryl methyl sites for hydroxylation is 1. The predicted molar refractivity (Wildman–Crippen MR) is 102 cm³/mol. The highest BCUT2D eigenvalue weighted by Crippen LogP contribution is 2.70. The van der Waals surface area contributed by atoms with E-state index in [9.17, 15) is 4.79 Å². The number of Topliss-reactive ketones (excluding diaryl/α,β-unsaturated/α-hetero) is 1. The Morgan fingerprint density at radius 2 is 2.00 bits per heavy atom. The predicted octanol–water partition coefficient (Wildman–Crippen LogP) is 4.84. The largest absolute Gasteiger partial charge is 0.349 e. The van der Waals surface area contributed by atoms with Gasteiger partial charge in [0.15, 0.2) is 0 Å². The van der Waals surface area contributed by atoms with E-state index in [0.717, 1.165) is 31.5 Å². The zero-order valence-electron chi connectivity index (χ0n) is 15.6. The van der Waals surface area contributed by atoms with E-state index in [1.807, 2.05) is 6.20 Å². The zero-order chi connectivity index (χ0) is 17.8. The van der Waals surface area contributed by atoms with Crippen molar-refractivity contribution in [2.24, 2.45) is 16.7 Å². The van der Waals surface area contributed by atoms with Gasteiger partial charge in [0.05, 0.1) is 0 Å². The quantitative estimate of drug-likeness (QED) is 0.840. The van der Waals surface area contributed by atoms with Crippen LogP contribution in [0.3, 0.4) is 0 Å². The Morgan fingerprint density at radius 3 is 2.73 bits per heavy atom. The van der Waals surface area contributed by atoms with E-state index in [1.54, 1.807) is 6.20 Å². The number of ketones is 1. The minimum atomic E-state index is -0.101. The van der Waals surface area contributed by atoms with Crippen molar-refractivity contribution in [2.75, 3.05) is 0 Å². The summed E-state index contributed by atoms with van der Waals surface area (Å²) in [7, 11) is 0. The second-order valence-electron chi connectivity index (χ2n) is 9.71.